The smallest absolute Gasteiger partial charge is 0.0916 e. The lowest BCUT2D eigenvalue weighted by atomic mass is 10.1. The number of aliphatic hydroxyl groups excluding tert-OH is 1. The van der Waals surface area contributed by atoms with Crippen LogP contribution in [0.5, 0.6) is 0 Å². The van der Waals surface area contributed by atoms with Crippen molar-refractivity contribution in [1.82, 2.24) is 4.90 Å². The Bertz CT molecular complexity index is 305. The maximum Gasteiger partial charge on any atom is 0.0916 e. The molecule has 16 heavy (non-hydrogen) atoms. The van der Waals surface area contributed by atoms with Crippen LogP contribution in [0.3, 0.4) is 0 Å². The van der Waals surface area contributed by atoms with Gasteiger partial charge in [0.1, 0.15) is 0 Å². The number of aryl methyl sites for hydroxylation is 1. The van der Waals surface area contributed by atoms with Gasteiger partial charge in [0.05, 0.1) is 6.10 Å². The fourth-order valence-corrected chi connectivity index (χ4v) is 1.56. The minimum atomic E-state index is -0.390. The van der Waals surface area contributed by atoms with E-state index in [2.05, 4.69) is 37.8 Å². The Hall–Kier alpha value is -0.860. The van der Waals surface area contributed by atoms with E-state index in [1.54, 1.807) is 0 Å². The Morgan fingerprint density at radius 1 is 1.19 bits per heavy atom. The molecule has 0 saturated carbocycles. The molecule has 0 radical (unpaired) electrons. The first-order valence-corrected chi connectivity index (χ1v) is 6.01. The molecule has 0 saturated heterocycles. The number of benzene rings is 1. The first kappa shape index (κ1) is 13.2. The van der Waals surface area contributed by atoms with E-state index in [1.807, 2.05) is 19.2 Å². The number of hydrogen-bond donors (Lipinski definition) is 1. The molecule has 0 aliphatic rings. The summed E-state index contributed by atoms with van der Waals surface area (Å²) in [5.41, 5.74) is 2.32. The highest BCUT2D eigenvalue weighted by Gasteiger charge is 2.12. The van der Waals surface area contributed by atoms with E-state index in [-0.39, 0.29) is 0 Å². The van der Waals surface area contributed by atoms with E-state index in [9.17, 15) is 5.11 Å². The fraction of sp³-hybridized carbons (Fsp3) is 0.571. The zero-order chi connectivity index (χ0) is 12.1. The molecule has 90 valence electrons. The van der Waals surface area contributed by atoms with E-state index >= 15 is 0 Å². The summed E-state index contributed by atoms with van der Waals surface area (Å²) in [5, 5.41) is 10.1. The molecule has 1 unspecified atom stereocenters. The van der Waals surface area contributed by atoms with Crippen LogP contribution in [-0.4, -0.2) is 29.6 Å². The molecule has 2 nitrogen and oxygen atoms in total. The first-order chi connectivity index (χ1) is 7.54. The topological polar surface area (TPSA) is 23.5 Å². The first-order valence-electron chi connectivity index (χ1n) is 6.01. The van der Waals surface area contributed by atoms with E-state index in [1.165, 1.54) is 5.56 Å². The number of aliphatic hydroxyl groups is 1. The van der Waals surface area contributed by atoms with E-state index in [4.69, 9.17) is 0 Å². The molecule has 0 aliphatic heterocycles. The summed E-state index contributed by atoms with van der Waals surface area (Å²) in [6.45, 7) is 7.08. The number of hydrogen-bond acceptors (Lipinski definition) is 2. The van der Waals surface area contributed by atoms with E-state index in [0.717, 1.165) is 12.0 Å². The summed E-state index contributed by atoms with van der Waals surface area (Å²) in [4.78, 5) is 2.15. The molecule has 1 rings (SSSR count). The zero-order valence-electron chi connectivity index (χ0n) is 10.8. The van der Waals surface area contributed by atoms with Crippen molar-refractivity contribution in [3.8, 4) is 0 Å². The van der Waals surface area contributed by atoms with Gasteiger partial charge < -0.3 is 10.0 Å². The lowest BCUT2D eigenvalue weighted by Crippen LogP contribution is -2.30. The van der Waals surface area contributed by atoms with Crippen LogP contribution in [0.25, 0.3) is 0 Å². The maximum atomic E-state index is 10.1. The third-order valence-corrected chi connectivity index (χ3v) is 3.12. The van der Waals surface area contributed by atoms with Gasteiger partial charge in [-0.15, -0.1) is 0 Å². The second-order valence-corrected chi connectivity index (χ2v) is 4.64. The lowest BCUT2D eigenvalue weighted by molar-refractivity contribution is 0.112. The van der Waals surface area contributed by atoms with Crippen molar-refractivity contribution in [1.29, 1.82) is 0 Å². The van der Waals surface area contributed by atoms with Crippen LogP contribution < -0.4 is 0 Å². The van der Waals surface area contributed by atoms with Crippen LogP contribution in [0, 0.1) is 0 Å². The van der Waals surface area contributed by atoms with Crippen molar-refractivity contribution < 1.29 is 5.11 Å². The normalized spacial score (nSPS) is 13.4. The molecule has 0 bridgehead atoms. The molecule has 0 amide bonds. The molecule has 0 aliphatic carbocycles. The Balaban J connectivity index is 2.62. The van der Waals surface area contributed by atoms with Gasteiger partial charge in [-0.3, -0.25) is 0 Å². The van der Waals surface area contributed by atoms with Crippen LogP contribution in [0.15, 0.2) is 24.3 Å². The predicted molar refractivity (Wildman–Crippen MR) is 68.5 cm³/mol. The summed E-state index contributed by atoms with van der Waals surface area (Å²) in [6, 6.07) is 8.70. The highest BCUT2D eigenvalue weighted by molar-refractivity contribution is 5.24. The predicted octanol–water partition coefficient (Wildman–Crippen LogP) is 2.62. The van der Waals surface area contributed by atoms with Gasteiger partial charge in [0.15, 0.2) is 0 Å². The van der Waals surface area contributed by atoms with Gasteiger partial charge in [-0.2, -0.15) is 0 Å². The van der Waals surface area contributed by atoms with E-state index in [0.29, 0.717) is 12.6 Å². The van der Waals surface area contributed by atoms with Gasteiger partial charge in [0.25, 0.3) is 0 Å². The summed E-state index contributed by atoms with van der Waals surface area (Å²) in [6.07, 6.45) is 0.653. The van der Waals surface area contributed by atoms with Gasteiger partial charge in [0, 0.05) is 12.6 Å². The van der Waals surface area contributed by atoms with Crippen LogP contribution in [0.4, 0.5) is 0 Å². The van der Waals surface area contributed by atoms with Gasteiger partial charge in [-0.05, 0) is 38.4 Å². The molecular weight excluding hydrogens is 198 g/mol. The average Bonchev–Trinajstić information content (AvgIpc) is 2.28. The molecule has 0 heterocycles. The fourth-order valence-electron chi connectivity index (χ4n) is 1.56. The summed E-state index contributed by atoms with van der Waals surface area (Å²) >= 11 is 0. The van der Waals surface area contributed by atoms with Gasteiger partial charge >= 0.3 is 0 Å². The Morgan fingerprint density at radius 2 is 1.75 bits per heavy atom. The monoisotopic (exact) mass is 221 g/mol. The Labute approximate surface area is 98.9 Å². The van der Waals surface area contributed by atoms with Crippen molar-refractivity contribution in [2.45, 2.75) is 39.3 Å². The van der Waals surface area contributed by atoms with Gasteiger partial charge in [-0.25, -0.2) is 0 Å². The summed E-state index contributed by atoms with van der Waals surface area (Å²) < 4.78 is 0. The summed E-state index contributed by atoms with van der Waals surface area (Å²) in [7, 11) is 2.04. The van der Waals surface area contributed by atoms with Crippen LogP contribution in [0.1, 0.15) is 38.0 Å². The van der Waals surface area contributed by atoms with Gasteiger partial charge in [-0.1, -0.05) is 31.2 Å². The maximum absolute atomic E-state index is 10.1. The molecule has 1 aromatic carbocycles. The molecule has 0 fully saturated rings. The lowest BCUT2D eigenvalue weighted by Gasteiger charge is -2.24. The third-order valence-electron chi connectivity index (χ3n) is 3.12. The summed E-state index contributed by atoms with van der Waals surface area (Å²) in [5.74, 6) is 0. The van der Waals surface area contributed by atoms with E-state index < -0.39 is 6.10 Å². The molecule has 1 aromatic rings. The molecule has 1 atom stereocenters. The SMILES string of the molecule is CCc1ccc(C(O)CN(C)C(C)C)cc1. The quantitative estimate of drug-likeness (QED) is 0.826. The molecular formula is C14H23NO. The second-order valence-electron chi connectivity index (χ2n) is 4.64. The van der Waals surface area contributed by atoms with Crippen LogP contribution in [-0.2, 0) is 6.42 Å². The van der Waals surface area contributed by atoms with Crippen molar-refractivity contribution in [3.05, 3.63) is 35.4 Å². The largest absolute Gasteiger partial charge is 0.387 e. The van der Waals surface area contributed by atoms with Crippen molar-refractivity contribution >= 4 is 0 Å². The van der Waals surface area contributed by atoms with Crippen LogP contribution >= 0.6 is 0 Å². The van der Waals surface area contributed by atoms with Crippen molar-refractivity contribution in [2.24, 2.45) is 0 Å². The highest BCUT2D eigenvalue weighted by Crippen LogP contribution is 2.15. The highest BCUT2D eigenvalue weighted by atomic mass is 16.3. The number of likely N-dealkylation sites (N-methyl/N-ethyl adjacent to an activating group) is 1. The molecule has 2 heteroatoms. The third kappa shape index (κ3) is 3.62. The average molecular weight is 221 g/mol. The molecule has 1 N–H and O–H groups in total. The zero-order valence-corrected chi connectivity index (χ0v) is 10.8. The number of rotatable bonds is 5. The Morgan fingerprint density at radius 3 is 2.19 bits per heavy atom. The second kappa shape index (κ2) is 6.02. The number of nitrogens with zero attached hydrogens (tertiary/aromatic N) is 1. The standard InChI is InChI=1S/C14H23NO/c1-5-12-6-8-13(9-7-12)14(16)10-15(4)11(2)3/h6-9,11,14,16H,5,10H2,1-4H3. The van der Waals surface area contributed by atoms with Crippen LogP contribution in [0.2, 0.25) is 0 Å². The van der Waals surface area contributed by atoms with Crippen molar-refractivity contribution in [3.63, 3.8) is 0 Å². The molecule has 0 aromatic heterocycles. The van der Waals surface area contributed by atoms with Gasteiger partial charge in [0.2, 0.25) is 0 Å². The minimum Gasteiger partial charge on any atom is -0.387 e. The Kier molecular flexibility index (Phi) is 4.97. The van der Waals surface area contributed by atoms with Crippen molar-refractivity contribution in [2.75, 3.05) is 13.6 Å². The molecule has 0 spiro atoms. The minimum absolute atomic E-state index is 0.390.